The fraction of sp³-hybridized carbons (Fsp3) is 0.333. The molecule has 0 bridgehead atoms. The lowest BCUT2D eigenvalue weighted by Crippen LogP contribution is -2.32. The van der Waals surface area contributed by atoms with Crippen LogP contribution >= 0.6 is 0 Å². The van der Waals surface area contributed by atoms with Crippen LogP contribution in [0.1, 0.15) is 30.1 Å². The van der Waals surface area contributed by atoms with Gasteiger partial charge in [-0.1, -0.05) is 12.1 Å². The van der Waals surface area contributed by atoms with E-state index in [9.17, 15) is 9.18 Å². The molecular weight excluding hydrogens is 343 g/mol. The number of likely N-dealkylation sites (tertiary alicyclic amines) is 1. The maximum atomic E-state index is 13.1. The first kappa shape index (κ1) is 17.5. The number of aromatic nitrogens is 2. The molecule has 0 aliphatic carbocycles. The fourth-order valence-electron chi connectivity index (χ4n) is 3.79. The second-order valence-electron chi connectivity index (χ2n) is 7.23. The Bertz CT molecular complexity index is 964. The summed E-state index contributed by atoms with van der Waals surface area (Å²) in [6, 6.07) is 10.2. The zero-order chi connectivity index (χ0) is 19.0. The summed E-state index contributed by atoms with van der Waals surface area (Å²) >= 11 is 0. The predicted octanol–water partition coefficient (Wildman–Crippen LogP) is 3.45. The maximum absolute atomic E-state index is 13.1. The zero-order valence-corrected chi connectivity index (χ0v) is 15.6. The van der Waals surface area contributed by atoms with Gasteiger partial charge in [-0.2, -0.15) is 0 Å². The van der Waals surface area contributed by atoms with Crippen molar-refractivity contribution in [2.24, 2.45) is 0 Å². The minimum atomic E-state index is -0.286. The van der Waals surface area contributed by atoms with E-state index in [0.717, 1.165) is 42.0 Å². The first-order valence-electron chi connectivity index (χ1n) is 9.22. The lowest BCUT2D eigenvalue weighted by atomic mass is 10.1. The number of hydrogen-bond donors (Lipinski definition) is 0. The van der Waals surface area contributed by atoms with Crippen LogP contribution in [0.15, 0.2) is 48.8 Å². The van der Waals surface area contributed by atoms with Crippen molar-refractivity contribution in [3.63, 3.8) is 0 Å². The van der Waals surface area contributed by atoms with Crippen LogP contribution in [-0.2, 0) is 11.2 Å². The van der Waals surface area contributed by atoms with E-state index in [2.05, 4.69) is 4.40 Å². The van der Waals surface area contributed by atoms with Crippen molar-refractivity contribution in [1.29, 1.82) is 0 Å². The average molecular weight is 366 g/mol. The fourth-order valence-corrected chi connectivity index (χ4v) is 3.79. The van der Waals surface area contributed by atoms with Crippen LogP contribution in [0.4, 0.5) is 10.2 Å². The Morgan fingerprint density at radius 2 is 2.04 bits per heavy atom. The molecule has 4 rings (SSSR count). The van der Waals surface area contributed by atoms with Gasteiger partial charge in [0.1, 0.15) is 5.82 Å². The van der Waals surface area contributed by atoms with Crippen LogP contribution < -0.4 is 4.90 Å². The Balaban J connectivity index is 1.62. The number of fused-ring (bicyclic) bond motifs is 1. The minimum Gasteiger partial charge on any atom is -0.361 e. The molecule has 0 unspecified atom stereocenters. The molecule has 5 nitrogen and oxygen atoms in total. The molecule has 1 aliphatic rings. The van der Waals surface area contributed by atoms with Crippen LogP contribution in [0.3, 0.4) is 0 Å². The summed E-state index contributed by atoms with van der Waals surface area (Å²) in [4.78, 5) is 21.7. The molecule has 0 saturated carbocycles. The lowest BCUT2D eigenvalue weighted by Gasteiger charge is -2.26. The van der Waals surface area contributed by atoms with Crippen molar-refractivity contribution >= 4 is 17.2 Å². The molecule has 27 heavy (non-hydrogen) atoms. The van der Waals surface area contributed by atoms with Crippen LogP contribution in [-0.4, -0.2) is 40.8 Å². The Morgan fingerprint density at radius 3 is 2.78 bits per heavy atom. The summed E-state index contributed by atoms with van der Waals surface area (Å²) in [5.41, 5.74) is 2.79. The Kier molecular flexibility index (Phi) is 4.56. The van der Waals surface area contributed by atoms with Gasteiger partial charge in [-0.15, -0.1) is 0 Å². The molecule has 2 aromatic heterocycles. The van der Waals surface area contributed by atoms with Crippen LogP contribution in [0.5, 0.6) is 0 Å². The van der Waals surface area contributed by atoms with Gasteiger partial charge in [0.25, 0.3) is 0 Å². The Labute approximate surface area is 158 Å². The van der Waals surface area contributed by atoms with Gasteiger partial charge in [-0.25, -0.2) is 9.37 Å². The molecule has 140 valence electrons. The molecule has 1 atom stereocenters. The predicted molar refractivity (Wildman–Crippen MR) is 103 cm³/mol. The number of carbonyl (C=O) groups is 1. The van der Waals surface area contributed by atoms with Gasteiger partial charge < -0.3 is 14.2 Å². The number of anilines is 1. The molecule has 1 amide bonds. The van der Waals surface area contributed by atoms with Gasteiger partial charge >= 0.3 is 0 Å². The first-order valence-corrected chi connectivity index (χ1v) is 9.22. The minimum absolute atomic E-state index is 0.0246. The molecule has 1 fully saturated rings. The molecule has 0 radical (unpaired) electrons. The maximum Gasteiger partial charge on any atom is 0.227 e. The number of carbonyl (C=O) groups excluding carboxylic acids is 1. The third-order valence-electron chi connectivity index (χ3n) is 5.12. The summed E-state index contributed by atoms with van der Waals surface area (Å²) in [5, 5.41) is 0. The standard InChI is InChI=1S/C21H23FN4O/c1-24(2)21-19-6-3-11-25(19)14-17(23-21)18-5-4-12-26(18)20(27)13-15-7-9-16(22)10-8-15/h3,6-11,14,18H,4-5,12-13H2,1-2H3/t18-/m0/s1. The number of benzene rings is 1. The third kappa shape index (κ3) is 3.39. The zero-order valence-electron chi connectivity index (χ0n) is 15.6. The number of hydrogen-bond acceptors (Lipinski definition) is 3. The average Bonchev–Trinajstić information content (AvgIpc) is 3.31. The summed E-state index contributed by atoms with van der Waals surface area (Å²) in [6.45, 7) is 0.730. The normalized spacial score (nSPS) is 16.9. The molecule has 1 saturated heterocycles. The van der Waals surface area contributed by atoms with E-state index in [4.69, 9.17) is 4.98 Å². The second kappa shape index (κ2) is 7.02. The van der Waals surface area contributed by atoms with Crippen molar-refractivity contribution in [1.82, 2.24) is 14.3 Å². The highest BCUT2D eigenvalue weighted by molar-refractivity contribution is 5.79. The van der Waals surface area contributed by atoms with E-state index in [-0.39, 0.29) is 24.2 Å². The molecule has 6 heteroatoms. The molecule has 0 spiro atoms. The lowest BCUT2D eigenvalue weighted by molar-refractivity contribution is -0.131. The summed E-state index contributed by atoms with van der Waals surface area (Å²) in [6.07, 6.45) is 6.18. The van der Waals surface area contributed by atoms with Crippen molar-refractivity contribution in [3.05, 3.63) is 65.9 Å². The highest BCUT2D eigenvalue weighted by atomic mass is 19.1. The van der Waals surface area contributed by atoms with Gasteiger partial charge in [0.05, 0.1) is 23.7 Å². The van der Waals surface area contributed by atoms with E-state index in [1.165, 1.54) is 12.1 Å². The molecule has 0 N–H and O–H groups in total. The smallest absolute Gasteiger partial charge is 0.227 e. The molecule has 1 aromatic carbocycles. The van der Waals surface area contributed by atoms with E-state index < -0.39 is 0 Å². The van der Waals surface area contributed by atoms with Crippen molar-refractivity contribution < 1.29 is 9.18 Å². The van der Waals surface area contributed by atoms with Gasteiger partial charge in [-0.05, 0) is 42.7 Å². The summed E-state index contributed by atoms with van der Waals surface area (Å²) in [5.74, 6) is 0.672. The van der Waals surface area contributed by atoms with E-state index in [0.29, 0.717) is 0 Å². The highest BCUT2D eigenvalue weighted by Gasteiger charge is 2.31. The van der Waals surface area contributed by atoms with Crippen molar-refractivity contribution in [3.8, 4) is 0 Å². The largest absolute Gasteiger partial charge is 0.361 e. The molecular formula is C21H23FN4O. The first-order chi connectivity index (χ1) is 13.0. The van der Waals surface area contributed by atoms with Crippen molar-refractivity contribution in [2.45, 2.75) is 25.3 Å². The van der Waals surface area contributed by atoms with Gasteiger partial charge in [0, 0.05) is 33.0 Å². The van der Waals surface area contributed by atoms with Gasteiger partial charge in [-0.3, -0.25) is 4.79 Å². The van der Waals surface area contributed by atoms with Crippen LogP contribution in [0.2, 0.25) is 0 Å². The molecule has 3 aromatic rings. The Hall–Kier alpha value is -2.89. The number of amides is 1. The third-order valence-corrected chi connectivity index (χ3v) is 5.12. The quantitative estimate of drug-likeness (QED) is 0.710. The summed E-state index contributed by atoms with van der Waals surface area (Å²) < 4.78 is 15.2. The van der Waals surface area contributed by atoms with E-state index in [1.54, 1.807) is 12.1 Å². The highest BCUT2D eigenvalue weighted by Crippen LogP contribution is 2.33. The van der Waals surface area contributed by atoms with E-state index >= 15 is 0 Å². The number of rotatable bonds is 4. The molecule has 1 aliphatic heterocycles. The van der Waals surface area contributed by atoms with Crippen molar-refractivity contribution in [2.75, 3.05) is 25.5 Å². The van der Waals surface area contributed by atoms with E-state index in [1.807, 2.05) is 48.4 Å². The number of halogens is 1. The number of nitrogens with zero attached hydrogens (tertiary/aromatic N) is 4. The topological polar surface area (TPSA) is 40.9 Å². The summed E-state index contributed by atoms with van der Waals surface area (Å²) in [7, 11) is 3.95. The van der Waals surface area contributed by atoms with Gasteiger partial charge in [0.15, 0.2) is 5.82 Å². The van der Waals surface area contributed by atoms with Crippen LogP contribution in [0.25, 0.3) is 5.52 Å². The SMILES string of the molecule is CN(C)c1nc([C@@H]2CCCN2C(=O)Cc2ccc(F)cc2)cn2cccc12. The van der Waals surface area contributed by atoms with Crippen LogP contribution in [0, 0.1) is 5.82 Å². The van der Waals surface area contributed by atoms with Gasteiger partial charge in [0.2, 0.25) is 5.91 Å². The second-order valence-corrected chi connectivity index (χ2v) is 7.23. The Morgan fingerprint density at radius 1 is 1.26 bits per heavy atom. The molecule has 3 heterocycles. The monoisotopic (exact) mass is 366 g/mol.